The summed E-state index contributed by atoms with van der Waals surface area (Å²) < 4.78 is 2.37. The summed E-state index contributed by atoms with van der Waals surface area (Å²) in [5.74, 6) is 0. The van der Waals surface area contributed by atoms with Crippen molar-refractivity contribution < 1.29 is 0 Å². The molecule has 1 heterocycles. The molecule has 20 heavy (non-hydrogen) atoms. The van der Waals surface area contributed by atoms with Gasteiger partial charge in [-0.15, -0.1) is 11.3 Å². The second kappa shape index (κ2) is 5.00. The third-order valence-electron chi connectivity index (χ3n) is 2.89. The molecule has 0 aliphatic rings. The van der Waals surface area contributed by atoms with Gasteiger partial charge >= 0.3 is 0 Å². The number of fused-ring (bicyclic) bond motifs is 3. The molecule has 0 amide bonds. The van der Waals surface area contributed by atoms with Crippen LogP contribution in [0.3, 0.4) is 0 Å². The molecular formula is C15H8N4S. The van der Waals surface area contributed by atoms with Gasteiger partial charge in [0.1, 0.15) is 12.1 Å². The first-order valence-electron chi connectivity index (χ1n) is 5.87. The van der Waals surface area contributed by atoms with Crippen LogP contribution in [0, 0.1) is 22.7 Å². The molecule has 0 bridgehead atoms. The Balaban J connectivity index is 2.04. The molecule has 0 aliphatic heterocycles. The first kappa shape index (κ1) is 12.2. The Morgan fingerprint density at radius 2 is 1.75 bits per heavy atom. The second-order valence-corrected chi connectivity index (χ2v) is 5.19. The lowest BCUT2D eigenvalue weighted by Gasteiger charge is -1.99. The zero-order chi connectivity index (χ0) is 13.9. The van der Waals surface area contributed by atoms with Crippen LogP contribution in [-0.4, -0.2) is 5.71 Å². The number of anilines is 1. The molecule has 0 atom stereocenters. The van der Waals surface area contributed by atoms with Crippen LogP contribution in [0.15, 0.2) is 47.6 Å². The van der Waals surface area contributed by atoms with Crippen molar-refractivity contribution in [2.75, 3.05) is 5.43 Å². The third kappa shape index (κ3) is 2.07. The molecule has 5 heteroatoms. The first-order chi connectivity index (χ1) is 9.81. The van der Waals surface area contributed by atoms with Crippen molar-refractivity contribution in [1.29, 1.82) is 10.5 Å². The highest BCUT2D eigenvalue weighted by molar-refractivity contribution is 7.25. The minimum absolute atomic E-state index is 0.193. The number of nitrogens with one attached hydrogen (secondary N) is 1. The number of nitriles is 2. The molecule has 0 saturated heterocycles. The Kier molecular flexibility index (Phi) is 3.04. The lowest BCUT2D eigenvalue weighted by Crippen LogP contribution is -1.95. The molecule has 1 N–H and O–H groups in total. The van der Waals surface area contributed by atoms with Crippen molar-refractivity contribution in [3.05, 3.63) is 42.5 Å². The normalized spacial score (nSPS) is 9.90. The SMILES string of the molecule is N#CC(C#N)=NNc1ccc2c(c1)sc1ccccc12. The number of hydrogen-bond acceptors (Lipinski definition) is 5. The van der Waals surface area contributed by atoms with Gasteiger partial charge in [0.05, 0.1) is 5.69 Å². The molecule has 0 radical (unpaired) electrons. The van der Waals surface area contributed by atoms with Crippen molar-refractivity contribution in [3.63, 3.8) is 0 Å². The minimum Gasteiger partial charge on any atom is -0.276 e. The summed E-state index contributed by atoms with van der Waals surface area (Å²) in [6, 6.07) is 17.5. The van der Waals surface area contributed by atoms with E-state index in [-0.39, 0.29) is 5.71 Å². The Morgan fingerprint density at radius 1 is 1.00 bits per heavy atom. The molecule has 3 rings (SSSR count). The van der Waals surface area contributed by atoms with Gasteiger partial charge in [-0.3, -0.25) is 5.43 Å². The van der Waals surface area contributed by atoms with Gasteiger partial charge in [0.2, 0.25) is 5.71 Å². The monoisotopic (exact) mass is 276 g/mol. The van der Waals surface area contributed by atoms with Crippen molar-refractivity contribution in [2.45, 2.75) is 0 Å². The molecule has 2 aromatic carbocycles. The molecule has 1 aromatic heterocycles. The highest BCUT2D eigenvalue weighted by Gasteiger charge is 2.04. The number of hydrazone groups is 1. The maximum Gasteiger partial charge on any atom is 0.237 e. The topological polar surface area (TPSA) is 72.0 Å². The zero-order valence-electron chi connectivity index (χ0n) is 10.3. The first-order valence-corrected chi connectivity index (χ1v) is 6.68. The van der Waals surface area contributed by atoms with Crippen LogP contribution in [0.25, 0.3) is 20.2 Å². The van der Waals surface area contributed by atoms with Crippen LogP contribution in [0.1, 0.15) is 0 Å². The van der Waals surface area contributed by atoms with E-state index in [9.17, 15) is 0 Å². The molecule has 0 saturated carbocycles. The largest absolute Gasteiger partial charge is 0.276 e. The molecule has 3 aromatic rings. The fraction of sp³-hybridized carbons (Fsp3) is 0. The van der Waals surface area contributed by atoms with E-state index in [4.69, 9.17) is 10.5 Å². The van der Waals surface area contributed by atoms with E-state index < -0.39 is 0 Å². The van der Waals surface area contributed by atoms with Gasteiger partial charge in [-0.2, -0.15) is 15.6 Å². The van der Waals surface area contributed by atoms with Crippen LogP contribution >= 0.6 is 11.3 Å². The summed E-state index contributed by atoms with van der Waals surface area (Å²) in [6.45, 7) is 0. The summed E-state index contributed by atoms with van der Waals surface area (Å²) in [4.78, 5) is 0. The standard InChI is InChI=1S/C15H8N4S/c16-8-11(9-17)19-18-10-5-6-13-12-3-1-2-4-14(12)20-15(13)7-10/h1-7,18H. The van der Waals surface area contributed by atoms with Gasteiger partial charge in [-0.25, -0.2) is 0 Å². The van der Waals surface area contributed by atoms with Gasteiger partial charge in [-0.1, -0.05) is 24.3 Å². The summed E-state index contributed by atoms with van der Waals surface area (Å²) in [6.07, 6.45) is 0. The Hall–Kier alpha value is -2.89. The summed E-state index contributed by atoms with van der Waals surface area (Å²) >= 11 is 1.70. The Morgan fingerprint density at radius 3 is 2.55 bits per heavy atom. The molecule has 94 valence electrons. The summed E-state index contributed by atoms with van der Waals surface area (Å²) in [7, 11) is 0. The number of nitrogens with zero attached hydrogens (tertiary/aromatic N) is 3. The highest BCUT2D eigenvalue weighted by atomic mass is 32.1. The number of thiophene rings is 1. The minimum atomic E-state index is -0.193. The van der Waals surface area contributed by atoms with E-state index in [1.165, 1.54) is 15.5 Å². The van der Waals surface area contributed by atoms with Crippen LogP contribution < -0.4 is 5.43 Å². The van der Waals surface area contributed by atoms with Crippen LogP contribution in [-0.2, 0) is 0 Å². The molecule has 0 aliphatic carbocycles. The average molecular weight is 276 g/mol. The van der Waals surface area contributed by atoms with Crippen molar-refractivity contribution >= 4 is 42.9 Å². The van der Waals surface area contributed by atoms with Crippen LogP contribution in [0.2, 0.25) is 0 Å². The average Bonchev–Trinajstić information content (AvgIpc) is 2.86. The zero-order valence-corrected chi connectivity index (χ0v) is 11.1. The van der Waals surface area contributed by atoms with Crippen molar-refractivity contribution in [2.24, 2.45) is 5.10 Å². The number of benzene rings is 2. The number of rotatable bonds is 2. The van der Waals surface area contributed by atoms with Gasteiger partial charge < -0.3 is 0 Å². The third-order valence-corrected chi connectivity index (χ3v) is 4.02. The van der Waals surface area contributed by atoms with Crippen LogP contribution in [0.5, 0.6) is 0 Å². The van der Waals surface area contributed by atoms with Crippen molar-refractivity contribution in [3.8, 4) is 12.1 Å². The van der Waals surface area contributed by atoms with E-state index in [1.54, 1.807) is 23.5 Å². The predicted molar refractivity (Wildman–Crippen MR) is 81.6 cm³/mol. The lowest BCUT2D eigenvalue weighted by atomic mass is 10.1. The number of hydrogen-bond donors (Lipinski definition) is 1. The maximum atomic E-state index is 8.63. The molecule has 4 nitrogen and oxygen atoms in total. The summed E-state index contributed by atoms with van der Waals surface area (Å²) in [5.41, 5.74) is 3.30. The smallest absolute Gasteiger partial charge is 0.237 e. The Bertz CT molecular complexity index is 893. The van der Waals surface area contributed by atoms with Gasteiger partial charge in [-0.05, 0) is 18.2 Å². The van der Waals surface area contributed by atoms with E-state index in [0.717, 1.165) is 10.4 Å². The highest BCUT2D eigenvalue weighted by Crippen LogP contribution is 2.34. The quantitative estimate of drug-likeness (QED) is 0.570. The van der Waals surface area contributed by atoms with Gasteiger partial charge in [0, 0.05) is 20.2 Å². The lowest BCUT2D eigenvalue weighted by molar-refractivity contribution is 1.34. The molecule has 0 fully saturated rings. The van der Waals surface area contributed by atoms with E-state index in [1.807, 2.05) is 30.3 Å². The fourth-order valence-electron chi connectivity index (χ4n) is 1.99. The molecule has 0 spiro atoms. The molecule has 0 unspecified atom stereocenters. The van der Waals surface area contributed by atoms with Crippen molar-refractivity contribution in [1.82, 2.24) is 0 Å². The van der Waals surface area contributed by atoms with E-state index in [0.29, 0.717) is 0 Å². The maximum absolute atomic E-state index is 8.63. The molecular weight excluding hydrogens is 268 g/mol. The van der Waals surface area contributed by atoms with Crippen LogP contribution in [0.4, 0.5) is 5.69 Å². The Labute approximate surface area is 119 Å². The second-order valence-electron chi connectivity index (χ2n) is 4.10. The fourth-order valence-corrected chi connectivity index (χ4v) is 3.14. The van der Waals surface area contributed by atoms with Gasteiger partial charge in [0.15, 0.2) is 0 Å². The van der Waals surface area contributed by atoms with E-state index in [2.05, 4.69) is 22.7 Å². The summed E-state index contributed by atoms with van der Waals surface area (Å²) in [5, 5.41) is 23.4. The van der Waals surface area contributed by atoms with Gasteiger partial charge in [0.25, 0.3) is 0 Å². The predicted octanol–water partition coefficient (Wildman–Crippen LogP) is 3.87. The van der Waals surface area contributed by atoms with E-state index >= 15 is 0 Å².